The second-order valence-corrected chi connectivity index (χ2v) is 8.84. The molecule has 1 aliphatic rings. The summed E-state index contributed by atoms with van der Waals surface area (Å²) in [5, 5.41) is 6.56. The maximum Gasteiger partial charge on any atom is 0.321 e. The quantitative estimate of drug-likeness (QED) is 0.290. The number of rotatable bonds is 8. The molecule has 1 atom stereocenters. The van der Waals surface area contributed by atoms with Gasteiger partial charge in [0.1, 0.15) is 23.0 Å². The van der Waals surface area contributed by atoms with Crippen molar-refractivity contribution < 1.29 is 14.3 Å². The topological polar surface area (TPSA) is 62.8 Å². The molecule has 0 radical (unpaired) electrons. The fourth-order valence-corrected chi connectivity index (χ4v) is 4.08. The minimum Gasteiger partial charge on any atom is -0.457 e. The standard InChI is InChI=1S/C30H29N3O3/c1-22(23-12-16-28(17-13-23)35-26-8-4-2-5-9-26)31-25-20-33(21-25)30(34)32-24-14-18-29(19-15-24)36-27-10-6-3-7-11-27/h2-19,22,25,31H,20-21H2,1H3,(H,32,34). The van der Waals surface area contributed by atoms with Gasteiger partial charge < -0.3 is 25.0 Å². The van der Waals surface area contributed by atoms with Gasteiger partial charge in [0.2, 0.25) is 0 Å². The smallest absolute Gasteiger partial charge is 0.321 e. The molecule has 1 unspecified atom stereocenters. The zero-order valence-electron chi connectivity index (χ0n) is 20.1. The summed E-state index contributed by atoms with van der Waals surface area (Å²) in [6.45, 7) is 3.47. The Morgan fingerprint density at radius 1 is 0.722 bits per heavy atom. The molecule has 1 aliphatic heterocycles. The van der Waals surface area contributed by atoms with Crippen LogP contribution in [0.25, 0.3) is 0 Å². The Bertz CT molecular complexity index is 1260. The van der Waals surface area contributed by atoms with Crippen molar-refractivity contribution in [3.05, 3.63) is 115 Å². The Morgan fingerprint density at radius 2 is 1.19 bits per heavy atom. The minimum absolute atomic E-state index is 0.0974. The maximum atomic E-state index is 12.6. The number of urea groups is 1. The number of hydrogen-bond acceptors (Lipinski definition) is 4. The molecule has 4 aromatic rings. The van der Waals surface area contributed by atoms with Crippen molar-refractivity contribution in [3.63, 3.8) is 0 Å². The number of carbonyl (C=O) groups is 1. The van der Waals surface area contributed by atoms with E-state index in [2.05, 4.69) is 29.7 Å². The molecule has 2 amide bonds. The van der Waals surface area contributed by atoms with Crippen LogP contribution >= 0.6 is 0 Å². The van der Waals surface area contributed by atoms with Gasteiger partial charge in [-0.25, -0.2) is 4.79 Å². The Hall–Kier alpha value is -4.29. The summed E-state index contributed by atoms with van der Waals surface area (Å²) in [5.74, 6) is 3.13. The Morgan fingerprint density at radius 3 is 1.72 bits per heavy atom. The summed E-state index contributed by atoms with van der Waals surface area (Å²) in [6.07, 6.45) is 0. The van der Waals surface area contributed by atoms with E-state index >= 15 is 0 Å². The van der Waals surface area contributed by atoms with E-state index in [1.807, 2.05) is 97.1 Å². The summed E-state index contributed by atoms with van der Waals surface area (Å²) in [7, 11) is 0. The molecule has 0 bridgehead atoms. The van der Waals surface area contributed by atoms with Gasteiger partial charge in [-0.3, -0.25) is 0 Å². The van der Waals surface area contributed by atoms with Gasteiger partial charge >= 0.3 is 6.03 Å². The molecule has 0 aromatic heterocycles. The number of para-hydroxylation sites is 2. The lowest BCUT2D eigenvalue weighted by molar-refractivity contribution is 0.143. The van der Waals surface area contributed by atoms with Crippen LogP contribution in [0.5, 0.6) is 23.0 Å². The molecule has 182 valence electrons. The molecule has 6 heteroatoms. The highest BCUT2D eigenvalue weighted by Crippen LogP contribution is 2.25. The second-order valence-electron chi connectivity index (χ2n) is 8.84. The lowest BCUT2D eigenvalue weighted by Crippen LogP contribution is -2.61. The van der Waals surface area contributed by atoms with E-state index < -0.39 is 0 Å². The van der Waals surface area contributed by atoms with Crippen LogP contribution in [0.4, 0.5) is 10.5 Å². The number of likely N-dealkylation sites (tertiary alicyclic amines) is 1. The summed E-state index contributed by atoms with van der Waals surface area (Å²) in [5.41, 5.74) is 1.92. The first-order chi connectivity index (χ1) is 17.6. The Kier molecular flexibility index (Phi) is 7.15. The summed E-state index contributed by atoms with van der Waals surface area (Å²) in [6, 6.07) is 35.2. The predicted molar refractivity (Wildman–Crippen MR) is 142 cm³/mol. The molecule has 1 fully saturated rings. The van der Waals surface area contributed by atoms with Crippen molar-refractivity contribution in [2.45, 2.75) is 19.0 Å². The second kappa shape index (κ2) is 11.0. The zero-order chi connectivity index (χ0) is 24.7. The van der Waals surface area contributed by atoms with E-state index in [9.17, 15) is 4.79 Å². The normalized spacial score (nSPS) is 14.0. The largest absolute Gasteiger partial charge is 0.457 e. The van der Waals surface area contributed by atoms with Gasteiger partial charge in [0.15, 0.2) is 0 Å². The molecule has 4 aromatic carbocycles. The molecular weight excluding hydrogens is 450 g/mol. The van der Waals surface area contributed by atoms with Gasteiger partial charge in [0, 0.05) is 30.9 Å². The summed E-state index contributed by atoms with van der Waals surface area (Å²) in [4.78, 5) is 14.4. The van der Waals surface area contributed by atoms with Gasteiger partial charge in [-0.1, -0.05) is 48.5 Å². The molecule has 2 N–H and O–H groups in total. The van der Waals surface area contributed by atoms with Gasteiger partial charge in [-0.15, -0.1) is 0 Å². The van der Waals surface area contributed by atoms with Gasteiger partial charge in [0.25, 0.3) is 0 Å². The van der Waals surface area contributed by atoms with E-state index in [-0.39, 0.29) is 18.1 Å². The fraction of sp³-hybridized carbons (Fsp3) is 0.167. The van der Waals surface area contributed by atoms with Crippen LogP contribution in [0.1, 0.15) is 18.5 Å². The number of ether oxygens (including phenoxy) is 2. The fourth-order valence-electron chi connectivity index (χ4n) is 4.08. The third-order valence-corrected chi connectivity index (χ3v) is 6.10. The first kappa shape index (κ1) is 23.5. The average molecular weight is 480 g/mol. The van der Waals surface area contributed by atoms with Crippen LogP contribution in [-0.4, -0.2) is 30.1 Å². The van der Waals surface area contributed by atoms with Crippen LogP contribution in [-0.2, 0) is 0 Å². The number of anilines is 1. The summed E-state index contributed by atoms with van der Waals surface area (Å²) >= 11 is 0. The number of amides is 2. The van der Waals surface area contributed by atoms with Crippen molar-refractivity contribution in [2.75, 3.05) is 18.4 Å². The average Bonchev–Trinajstić information content (AvgIpc) is 2.88. The number of nitrogens with one attached hydrogen (secondary N) is 2. The van der Waals surface area contributed by atoms with Crippen molar-refractivity contribution in [3.8, 4) is 23.0 Å². The van der Waals surface area contributed by atoms with Gasteiger partial charge in [0.05, 0.1) is 0 Å². The molecule has 1 heterocycles. The third-order valence-electron chi connectivity index (χ3n) is 6.10. The van der Waals surface area contributed by atoms with Crippen molar-refractivity contribution >= 4 is 11.7 Å². The van der Waals surface area contributed by atoms with E-state index in [1.165, 1.54) is 5.56 Å². The number of benzene rings is 4. The van der Waals surface area contributed by atoms with Crippen LogP contribution in [0.3, 0.4) is 0 Å². The molecule has 1 saturated heterocycles. The van der Waals surface area contributed by atoms with Gasteiger partial charge in [-0.2, -0.15) is 0 Å². The highest BCUT2D eigenvalue weighted by atomic mass is 16.5. The number of nitrogens with zero attached hydrogens (tertiary/aromatic N) is 1. The molecule has 6 nitrogen and oxygen atoms in total. The minimum atomic E-state index is -0.0974. The Labute approximate surface area is 211 Å². The van der Waals surface area contributed by atoms with Gasteiger partial charge in [-0.05, 0) is 73.2 Å². The molecule has 5 rings (SSSR count). The maximum absolute atomic E-state index is 12.6. The number of carbonyl (C=O) groups excluding carboxylic acids is 1. The van der Waals surface area contributed by atoms with Crippen molar-refractivity contribution in [1.82, 2.24) is 10.2 Å². The molecule has 0 saturated carbocycles. The lowest BCUT2D eigenvalue weighted by atomic mass is 10.0. The molecule has 0 spiro atoms. The predicted octanol–water partition coefficient (Wildman–Crippen LogP) is 6.84. The van der Waals surface area contributed by atoms with Crippen LogP contribution in [0.15, 0.2) is 109 Å². The van der Waals surface area contributed by atoms with E-state index in [4.69, 9.17) is 9.47 Å². The first-order valence-corrected chi connectivity index (χ1v) is 12.1. The molecule has 0 aliphatic carbocycles. The van der Waals surface area contributed by atoms with E-state index in [1.54, 1.807) is 4.90 Å². The third kappa shape index (κ3) is 6.03. The number of hydrogen-bond donors (Lipinski definition) is 2. The van der Waals surface area contributed by atoms with E-state index in [0.29, 0.717) is 13.1 Å². The Balaban J connectivity index is 1.05. The molecular formula is C30H29N3O3. The monoisotopic (exact) mass is 479 g/mol. The summed E-state index contributed by atoms with van der Waals surface area (Å²) < 4.78 is 11.7. The highest BCUT2D eigenvalue weighted by Gasteiger charge is 2.31. The van der Waals surface area contributed by atoms with Crippen LogP contribution in [0, 0.1) is 0 Å². The van der Waals surface area contributed by atoms with E-state index in [0.717, 1.165) is 28.7 Å². The molecule has 36 heavy (non-hydrogen) atoms. The SMILES string of the molecule is CC(NC1CN(C(=O)Nc2ccc(Oc3ccccc3)cc2)C1)c1ccc(Oc2ccccc2)cc1. The first-order valence-electron chi connectivity index (χ1n) is 12.1. The van der Waals surface area contributed by atoms with Crippen molar-refractivity contribution in [1.29, 1.82) is 0 Å². The highest BCUT2D eigenvalue weighted by molar-refractivity contribution is 5.90. The zero-order valence-corrected chi connectivity index (χ0v) is 20.1. The lowest BCUT2D eigenvalue weighted by Gasteiger charge is -2.41. The van der Waals surface area contributed by atoms with Crippen LogP contribution < -0.4 is 20.1 Å². The van der Waals surface area contributed by atoms with Crippen molar-refractivity contribution in [2.24, 2.45) is 0 Å². The van der Waals surface area contributed by atoms with Crippen LogP contribution in [0.2, 0.25) is 0 Å².